The summed E-state index contributed by atoms with van der Waals surface area (Å²) in [5.41, 5.74) is 0.825. The lowest BCUT2D eigenvalue weighted by Gasteiger charge is -2.56. The molecule has 0 radical (unpaired) electrons. The first kappa shape index (κ1) is 16.8. The Morgan fingerprint density at radius 2 is 1.85 bits per heavy atom. The Labute approximate surface area is 158 Å². The Kier molecular flexibility index (Phi) is 3.95. The van der Waals surface area contributed by atoms with Crippen molar-refractivity contribution in [3.05, 3.63) is 47.9 Å². The largest absolute Gasteiger partial charge is 0.332 e. The fourth-order valence-electron chi connectivity index (χ4n) is 5.99. The van der Waals surface area contributed by atoms with Crippen LogP contribution in [0.4, 0.5) is 15.0 Å². The van der Waals surface area contributed by atoms with E-state index in [0.717, 1.165) is 42.6 Å². The molecule has 142 valence electrons. The van der Waals surface area contributed by atoms with E-state index in [0.29, 0.717) is 12.4 Å². The lowest BCUT2D eigenvalue weighted by molar-refractivity contribution is -0.0127. The van der Waals surface area contributed by atoms with E-state index in [9.17, 15) is 9.18 Å². The topological polar surface area (TPSA) is 59.0 Å². The predicted octanol–water partition coefficient (Wildman–Crippen LogP) is 4.16. The molecule has 4 aliphatic rings. The van der Waals surface area contributed by atoms with E-state index in [1.807, 2.05) is 6.07 Å². The van der Waals surface area contributed by atoms with Crippen LogP contribution in [0, 0.1) is 23.6 Å². The SMILES string of the molecule is O=C(Nc1ccn(Cc2cccc(F)c2)n1)NC12CC3CC(CC(C3)C1)C2. The second-order valence-electron chi connectivity index (χ2n) is 8.81. The van der Waals surface area contributed by atoms with Gasteiger partial charge >= 0.3 is 6.03 Å². The van der Waals surface area contributed by atoms with Gasteiger partial charge in [0.05, 0.1) is 6.54 Å². The Hall–Kier alpha value is -2.37. The average molecular weight is 368 g/mol. The van der Waals surface area contributed by atoms with Crippen molar-refractivity contribution in [1.82, 2.24) is 15.1 Å². The van der Waals surface area contributed by atoms with E-state index in [2.05, 4.69) is 15.7 Å². The van der Waals surface area contributed by atoms with Crippen LogP contribution >= 0.6 is 0 Å². The fraction of sp³-hybridized carbons (Fsp3) is 0.524. The second kappa shape index (κ2) is 6.36. The Balaban J connectivity index is 1.21. The number of aromatic nitrogens is 2. The van der Waals surface area contributed by atoms with Gasteiger partial charge in [0.25, 0.3) is 0 Å². The highest BCUT2D eigenvalue weighted by Gasteiger charge is 2.51. The first-order valence-electron chi connectivity index (χ1n) is 9.92. The zero-order valence-electron chi connectivity index (χ0n) is 15.3. The van der Waals surface area contributed by atoms with E-state index in [4.69, 9.17) is 0 Å². The van der Waals surface area contributed by atoms with Crippen molar-refractivity contribution in [1.29, 1.82) is 0 Å². The maximum atomic E-state index is 13.3. The molecule has 4 saturated carbocycles. The third-order valence-electron chi connectivity index (χ3n) is 6.53. The molecule has 0 saturated heterocycles. The molecule has 0 unspecified atom stereocenters. The van der Waals surface area contributed by atoms with Gasteiger partial charge in [-0.25, -0.2) is 9.18 Å². The van der Waals surface area contributed by atoms with Crippen molar-refractivity contribution < 1.29 is 9.18 Å². The molecule has 0 spiro atoms. The van der Waals surface area contributed by atoms with Crippen LogP contribution in [-0.2, 0) is 6.54 Å². The van der Waals surface area contributed by atoms with Crippen molar-refractivity contribution >= 4 is 11.8 Å². The number of nitrogens with one attached hydrogen (secondary N) is 2. The molecule has 6 rings (SSSR count). The summed E-state index contributed by atoms with van der Waals surface area (Å²) in [4.78, 5) is 12.6. The molecule has 1 heterocycles. The van der Waals surface area contributed by atoms with Gasteiger partial charge in [0.1, 0.15) is 5.82 Å². The minimum Gasteiger partial charge on any atom is -0.332 e. The fourth-order valence-corrected chi connectivity index (χ4v) is 5.99. The average Bonchev–Trinajstić information content (AvgIpc) is 2.99. The maximum Gasteiger partial charge on any atom is 0.320 e. The first-order chi connectivity index (χ1) is 13.1. The first-order valence-corrected chi connectivity index (χ1v) is 9.92. The molecule has 1 aromatic heterocycles. The van der Waals surface area contributed by atoms with Crippen molar-refractivity contribution in [3.8, 4) is 0 Å². The van der Waals surface area contributed by atoms with E-state index >= 15 is 0 Å². The second-order valence-corrected chi connectivity index (χ2v) is 8.81. The molecule has 4 fully saturated rings. The van der Waals surface area contributed by atoms with Gasteiger partial charge in [-0.3, -0.25) is 10.00 Å². The maximum absolute atomic E-state index is 13.3. The summed E-state index contributed by atoms with van der Waals surface area (Å²) in [6.07, 6.45) is 9.24. The number of carbonyl (C=O) groups excluding carboxylic acids is 1. The molecule has 0 aliphatic heterocycles. The van der Waals surface area contributed by atoms with Gasteiger partial charge in [-0.05, 0) is 74.0 Å². The molecule has 4 aliphatic carbocycles. The van der Waals surface area contributed by atoms with Gasteiger partial charge in [0.2, 0.25) is 0 Å². The number of rotatable bonds is 4. The highest BCUT2D eigenvalue weighted by molar-refractivity contribution is 5.88. The lowest BCUT2D eigenvalue weighted by atomic mass is 9.53. The number of amides is 2. The zero-order valence-corrected chi connectivity index (χ0v) is 15.3. The number of halogens is 1. The smallest absolute Gasteiger partial charge is 0.320 e. The van der Waals surface area contributed by atoms with Gasteiger partial charge in [0.15, 0.2) is 5.82 Å². The highest BCUT2D eigenvalue weighted by Crippen LogP contribution is 2.55. The molecule has 2 N–H and O–H groups in total. The summed E-state index contributed by atoms with van der Waals surface area (Å²) in [6, 6.07) is 8.08. The van der Waals surface area contributed by atoms with Crippen LogP contribution in [0.25, 0.3) is 0 Å². The third kappa shape index (κ3) is 3.45. The number of hydrogen-bond donors (Lipinski definition) is 2. The van der Waals surface area contributed by atoms with Crippen LogP contribution in [0.1, 0.15) is 44.1 Å². The molecule has 5 nitrogen and oxygen atoms in total. The molecule has 6 heteroatoms. The van der Waals surface area contributed by atoms with E-state index in [1.165, 1.54) is 31.4 Å². The van der Waals surface area contributed by atoms with Crippen LogP contribution in [0.5, 0.6) is 0 Å². The van der Waals surface area contributed by atoms with Gasteiger partial charge < -0.3 is 5.32 Å². The summed E-state index contributed by atoms with van der Waals surface area (Å²) in [5, 5.41) is 10.6. The van der Waals surface area contributed by atoms with Gasteiger partial charge in [0, 0.05) is 17.8 Å². The van der Waals surface area contributed by atoms with Crippen molar-refractivity contribution in [3.63, 3.8) is 0 Å². The molecule has 27 heavy (non-hydrogen) atoms. The molecular weight excluding hydrogens is 343 g/mol. The standard InChI is InChI=1S/C21H25FN4O/c22-18-3-1-2-14(9-18)13-26-5-4-19(25-26)23-20(27)24-21-10-15-6-16(11-21)8-17(7-15)12-21/h1-5,9,15-17H,6-8,10-13H2,(H2,23,24,25,27). The zero-order chi connectivity index (χ0) is 18.4. The summed E-state index contributed by atoms with van der Waals surface area (Å²) in [7, 11) is 0. The highest BCUT2D eigenvalue weighted by atomic mass is 19.1. The number of benzene rings is 1. The monoisotopic (exact) mass is 368 g/mol. The molecule has 2 aromatic rings. The van der Waals surface area contributed by atoms with Crippen molar-refractivity contribution in [2.75, 3.05) is 5.32 Å². The van der Waals surface area contributed by atoms with Crippen LogP contribution in [0.3, 0.4) is 0 Å². The minimum absolute atomic E-state index is 0.0109. The lowest BCUT2D eigenvalue weighted by Crippen LogP contribution is -2.60. The van der Waals surface area contributed by atoms with Gasteiger partial charge in [-0.1, -0.05) is 12.1 Å². The van der Waals surface area contributed by atoms with E-state index < -0.39 is 0 Å². The number of hydrogen-bond acceptors (Lipinski definition) is 2. The van der Waals surface area contributed by atoms with Crippen LogP contribution in [0.15, 0.2) is 36.5 Å². The van der Waals surface area contributed by atoms with Crippen LogP contribution in [-0.4, -0.2) is 21.4 Å². The number of nitrogens with zero attached hydrogens (tertiary/aromatic N) is 2. The Bertz CT molecular complexity index is 826. The third-order valence-corrected chi connectivity index (χ3v) is 6.53. The quantitative estimate of drug-likeness (QED) is 0.851. The van der Waals surface area contributed by atoms with Crippen molar-refractivity contribution in [2.24, 2.45) is 17.8 Å². The summed E-state index contributed by atoms with van der Waals surface area (Å²) in [6.45, 7) is 0.468. The van der Waals surface area contributed by atoms with Crippen LogP contribution in [0.2, 0.25) is 0 Å². The summed E-state index contributed by atoms with van der Waals surface area (Å²) < 4.78 is 15.0. The minimum atomic E-state index is -0.257. The van der Waals surface area contributed by atoms with E-state index in [1.54, 1.807) is 23.0 Å². The van der Waals surface area contributed by atoms with E-state index in [-0.39, 0.29) is 17.4 Å². The summed E-state index contributed by atoms with van der Waals surface area (Å²) >= 11 is 0. The normalized spacial score (nSPS) is 31.1. The number of anilines is 1. The molecular formula is C21H25FN4O. The van der Waals surface area contributed by atoms with Gasteiger partial charge in [-0.2, -0.15) is 5.10 Å². The van der Waals surface area contributed by atoms with Crippen molar-refractivity contribution in [2.45, 2.75) is 50.6 Å². The number of carbonyl (C=O) groups is 1. The predicted molar refractivity (Wildman–Crippen MR) is 101 cm³/mol. The molecule has 0 atom stereocenters. The molecule has 4 bridgehead atoms. The Morgan fingerprint density at radius 1 is 1.15 bits per heavy atom. The Morgan fingerprint density at radius 3 is 2.52 bits per heavy atom. The summed E-state index contributed by atoms with van der Waals surface area (Å²) in [5.74, 6) is 2.65. The molecule has 2 amide bonds. The van der Waals surface area contributed by atoms with Crippen LogP contribution < -0.4 is 10.6 Å². The van der Waals surface area contributed by atoms with Gasteiger partial charge in [-0.15, -0.1) is 0 Å². The number of urea groups is 1. The molecule has 1 aromatic carbocycles.